The fourth-order valence-corrected chi connectivity index (χ4v) is 2.06. The highest BCUT2D eigenvalue weighted by Gasteiger charge is 2.03. The average molecular weight is 327 g/mol. The number of hydrogen-bond acceptors (Lipinski definition) is 6. The molecule has 1 aromatic carbocycles. The van der Waals surface area contributed by atoms with Gasteiger partial charge in [0.25, 0.3) is 0 Å². The molecule has 9 heteroatoms. The van der Waals surface area contributed by atoms with Crippen molar-refractivity contribution in [3.8, 4) is 6.07 Å². The second-order valence-corrected chi connectivity index (χ2v) is 5.15. The topological polar surface area (TPSA) is 89.8 Å². The van der Waals surface area contributed by atoms with Gasteiger partial charge in [-0.25, -0.2) is 10.5 Å². The van der Waals surface area contributed by atoms with Crippen LogP contribution in [0.2, 0.25) is 10.0 Å². The Kier molecular flexibility index (Phi) is 5.24. The quantitative estimate of drug-likeness (QED) is 0.500. The first-order chi connectivity index (χ1) is 9.70. The monoisotopic (exact) mass is 326 g/mol. The minimum atomic E-state index is 0.290. The van der Waals surface area contributed by atoms with Crippen LogP contribution in [0.4, 0.5) is 5.95 Å². The van der Waals surface area contributed by atoms with Crippen LogP contribution in [0.3, 0.4) is 0 Å². The third-order valence-electron chi connectivity index (χ3n) is 2.09. The van der Waals surface area contributed by atoms with Crippen molar-refractivity contribution in [1.29, 1.82) is 5.26 Å². The van der Waals surface area contributed by atoms with Crippen LogP contribution in [0.5, 0.6) is 0 Å². The van der Waals surface area contributed by atoms with Gasteiger partial charge in [-0.3, -0.25) is 0 Å². The normalized spacial score (nSPS) is 10.7. The SMILES string of the molecule is N#CCSc1n[nH]c(N/N=C\c2cccc(Cl)c2Cl)n1. The van der Waals surface area contributed by atoms with E-state index in [9.17, 15) is 0 Å². The highest BCUT2D eigenvalue weighted by atomic mass is 35.5. The van der Waals surface area contributed by atoms with E-state index in [4.69, 9.17) is 28.5 Å². The van der Waals surface area contributed by atoms with Crippen molar-refractivity contribution >= 4 is 47.1 Å². The fourth-order valence-electron chi connectivity index (χ4n) is 1.24. The maximum absolute atomic E-state index is 8.45. The number of hydrogen-bond donors (Lipinski definition) is 2. The Morgan fingerprint density at radius 3 is 3.15 bits per heavy atom. The van der Waals surface area contributed by atoms with Crippen molar-refractivity contribution in [2.45, 2.75) is 5.16 Å². The Morgan fingerprint density at radius 1 is 1.50 bits per heavy atom. The Hall–Kier alpha value is -1.75. The third-order valence-corrected chi connectivity index (χ3v) is 3.63. The molecule has 0 radical (unpaired) electrons. The highest BCUT2D eigenvalue weighted by molar-refractivity contribution is 7.99. The predicted molar refractivity (Wildman–Crippen MR) is 80.4 cm³/mol. The van der Waals surface area contributed by atoms with Crippen molar-refractivity contribution in [2.75, 3.05) is 11.2 Å². The molecule has 2 N–H and O–H groups in total. The molecule has 20 heavy (non-hydrogen) atoms. The van der Waals surface area contributed by atoms with Crippen molar-refractivity contribution in [2.24, 2.45) is 5.10 Å². The van der Waals surface area contributed by atoms with E-state index in [-0.39, 0.29) is 0 Å². The molecule has 0 spiro atoms. The lowest BCUT2D eigenvalue weighted by atomic mass is 10.2. The number of nitrogens with zero attached hydrogens (tertiary/aromatic N) is 4. The zero-order chi connectivity index (χ0) is 14.4. The minimum absolute atomic E-state index is 0.290. The van der Waals surface area contributed by atoms with Gasteiger partial charge in [0.1, 0.15) is 0 Å². The van der Waals surface area contributed by atoms with Gasteiger partial charge < -0.3 is 0 Å². The van der Waals surface area contributed by atoms with Crippen LogP contribution in [0.1, 0.15) is 5.56 Å². The smallest absolute Gasteiger partial charge is 0.240 e. The molecular formula is C11H8Cl2N6S. The number of nitrogens with one attached hydrogen (secondary N) is 2. The maximum Gasteiger partial charge on any atom is 0.240 e. The van der Waals surface area contributed by atoms with Crippen LogP contribution < -0.4 is 5.43 Å². The minimum Gasteiger partial charge on any atom is -0.246 e. The van der Waals surface area contributed by atoms with Gasteiger partial charge in [0.05, 0.1) is 28.1 Å². The third kappa shape index (κ3) is 3.87. The van der Waals surface area contributed by atoms with Crippen molar-refractivity contribution in [3.63, 3.8) is 0 Å². The Morgan fingerprint density at radius 2 is 2.35 bits per heavy atom. The van der Waals surface area contributed by atoms with Gasteiger partial charge in [0, 0.05) is 5.56 Å². The molecule has 2 rings (SSSR count). The van der Waals surface area contributed by atoms with Crippen LogP contribution in [0.25, 0.3) is 0 Å². The Labute approximate surface area is 129 Å². The number of aromatic amines is 1. The number of H-pyrrole nitrogens is 1. The van der Waals surface area contributed by atoms with Gasteiger partial charge in [-0.15, -0.1) is 5.10 Å². The summed E-state index contributed by atoms with van der Waals surface area (Å²) in [5.74, 6) is 0.665. The van der Waals surface area contributed by atoms with E-state index < -0.39 is 0 Å². The van der Waals surface area contributed by atoms with E-state index in [1.165, 1.54) is 18.0 Å². The number of aromatic nitrogens is 3. The number of thioether (sulfide) groups is 1. The predicted octanol–water partition coefficient (Wildman–Crippen LogP) is 3.17. The fraction of sp³-hybridized carbons (Fsp3) is 0.0909. The summed E-state index contributed by atoms with van der Waals surface area (Å²) in [6.07, 6.45) is 1.53. The van der Waals surface area contributed by atoms with Crippen molar-refractivity contribution in [3.05, 3.63) is 33.8 Å². The van der Waals surface area contributed by atoms with Crippen molar-refractivity contribution in [1.82, 2.24) is 15.2 Å². The van der Waals surface area contributed by atoms with Gasteiger partial charge in [0.15, 0.2) is 0 Å². The summed E-state index contributed by atoms with van der Waals surface area (Å²) in [7, 11) is 0. The number of anilines is 1. The summed E-state index contributed by atoms with van der Waals surface area (Å²) in [6.45, 7) is 0. The molecule has 0 saturated heterocycles. The molecule has 0 fully saturated rings. The molecule has 1 aromatic heterocycles. The van der Waals surface area contributed by atoms with Gasteiger partial charge >= 0.3 is 0 Å². The van der Waals surface area contributed by atoms with Crippen LogP contribution in [0.15, 0.2) is 28.5 Å². The first-order valence-electron chi connectivity index (χ1n) is 5.36. The van der Waals surface area contributed by atoms with E-state index in [0.717, 1.165) is 0 Å². The lowest BCUT2D eigenvalue weighted by molar-refractivity contribution is 0.975. The second-order valence-electron chi connectivity index (χ2n) is 3.43. The number of nitriles is 1. The van der Waals surface area contributed by atoms with Crippen LogP contribution >= 0.6 is 35.0 Å². The maximum atomic E-state index is 8.45. The van der Waals surface area contributed by atoms with Gasteiger partial charge in [-0.2, -0.15) is 15.3 Å². The molecule has 0 aliphatic carbocycles. The Balaban J connectivity index is 1.98. The molecule has 2 aromatic rings. The van der Waals surface area contributed by atoms with E-state index in [2.05, 4.69) is 25.7 Å². The summed E-state index contributed by atoms with van der Waals surface area (Å²) >= 11 is 13.1. The first-order valence-corrected chi connectivity index (χ1v) is 7.10. The summed E-state index contributed by atoms with van der Waals surface area (Å²) in [5.41, 5.74) is 3.36. The highest BCUT2D eigenvalue weighted by Crippen LogP contribution is 2.24. The molecule has 0 saturated carbocycles. The summed E-state index contributed by atoms with van der Waals surface area (Å²) in [6, 6.07) is 7.26. The number of hydrazone groups is 1. The second kappa shape index (κ2) is 7.14. The van der Waals surface area contributed by atoms with Crippen LogP contribution in [-0.4, -0.2) is 27.1 Å². The van der Waals surface area contributed by atoms with E-state index in [0.29, 0.717) is 32.5 Å². The lowest BCUT2D eigenvalue weighted by Crippen LogP contribution is -1.93. The summed E-state index contributed by atoms with van der Waals surface area (Å²) < 4.78 is 0. The average Bonchev–Trinajstić information content (AvgIpc) is 2.89. The standard InChI is InChI=1S/C11H8Cl2N6S/c12-8-3-1-2-7(9(8)13)6-15-17-10-16-11(19-18-10)20-5-4-14/h1-3,6H,5H2,(H2,16,17,18,19)/b15-6-. The van der Waals surface area contributed by atoms with Crippen molar-refractivity contribution < 1.29 is 0 Å². The number of benzene rings is 1. The zero-order valence-corrected chi connectivity index (χ0v) is 12.3. The molecule has 102 valence electrons. The van der Waals surface area contributed by atoms with E-state index in [1.54, 1.807) is 18.2 Å². The molecule has 0 atom stereocenters. The van der Waals surface area contributed by atoms with Crippen LogP contribution in [0, 0.1) is 11.3 Å². The largest absolute Gasteiger partial charge is 0.246 e. The Bertz CT molecular complexity index is 663. The van der Waals surface area contributed by atoms with Gasteiger partial charge in [0.2, 0.25) is 11.1 Å². The van der Waals surface area contributed by atoms with Gasteiger partial charge in [-0.05, 0) is 6.07 Å². The summed E-state index contributed by atoms with van der Waals surface area (Å²) in [4.78, 5) is 4.08. The van der Waals surface area contributed by atoms with Gasteiger partial charge in [-0.1, -0.05) is 47.1 Å². The van der Waals surface area contributed by atoms with Crippen LogP contribution in [-0.2, 0) is 0 Å². The van der Waals surface area contributed by atoms with E-state index in [1.807, 2.05) is 6.07 Å². The molecule has 0 aliphatic rings. The molecule has 0 unspecified atom stereocenters. The molecule has 0 amide bonds. The molecule has 6 nitrogen and oxygen atoms in total. The lowest BCUT2D eigenvalue weighted by Gasteiger charge is -1.99. The van der Waals surface area contributed by atoms with E-state index >= 15 is 0 Å². The molecule has 1 heterocycles. The molecule has 0 bridgehead atoms. The molecular weight excluding hydrogens is 319 g/mol. The zero-order valence-electron chi connectivity index (χ0n) is 9.97. The first kappa shape index (κ1) is 14.7. The number of halogens is 2. The number of rotatable bonds is 5. The molecule has 0 aliphatic heterocycles. The summed E-state index contributed by atoms with van der Waals surface area (Å²) in [5, 5.41) is 20.4.